The number of fused-ring (bicyclic) bond motifs is 1. The van der Waals surface area contributed by atoms with Crippen LogP contribution in [0.4, 0.5) is 5.69 Å². The molecule has 4 rings (SSSR count). The zero-order chi connectivity index (χ0) is 21.6. The van der Waals surface area contributed by atoms with Gasteiger partial charge in [-0.05, 0) is 12.5 Å². The second kappa shape index (κ2) is 9.30. The van der Waals surface area contributed by atoms with Crippen LogP contribution >= 0.6 is 0 Å². The highest BCUT2D eigenvalue weighted by atomic mass is 16.2. The van der Waals surface area contributed by atoms with Crippen molar-refractivity contribution < 1.29 is 9.59 Å². The van der Waals surface area contributed by atoms with Gasteiger partial charge in [0.15, 0.2) is 5.71 Å². The average molecular weight is 409 g/mol. The summed E-state index contributed by atoms with van der Waals surface area (Å²) in [7, 11) is 0. The third-order valence-corrected chi connectivity index (χ3v) is 5.18. The van der Waals surface area contributed by atoms with Crippen molar-refractivity contribution in [3.63, 3.8) is 0 Å². The maximum absolute atomic E-state index is 13.2. The van der Waals surface area contributed by atoms with Crippen molar-refractivity contribution in [2.75, 3.05) is 11.4 Å². The molecule has 0 aromatic heterocycles. The SMILES string of the molecule is CCCCN1C(=O)C(=NN=C(C(=O)c2ccccc2)c2ccccc2)c2ccccc21. The standard InChI is InChI=1S/C26H23N3O2/c1-2-3-18-29-22-17-11-10-16-21(22)24(26(29)31)28-27-23(19-12-6-4-7-13-19)25(30)20-14-8-5-9-15-20/h4-17H,2-3,18H2,1H3. The zero-order valence-electron chi connectivity index (χ0n) is 17.4. The van der Waals surface area contributed by atoms with E-state index in [1.165, 1.54) is 0 Å². The molecule has 31 heavy (non-hydrogen) atoms. The molecule has 0 aliphatic carbocycles. The number of unbranched alkanes of at least 4 members (excludes halogenated alkanes) is 1. The molecule has 3 aromatic carbocycles. The number of ketones is 1. The van der Waals surface area contributed by atoms with Crippen LogP contribution in [0.1, 0.15) is 41.3 Å². The Labute approximate surface area is 181 Å². The smallest absolute Gasteiger partial charge is 0.279 e. The predicted octanol–water partition coefficient (Wildman–Crippen LogP) is 4.91. The van der Waals surface area contributed by atoms with Gasteiger partial charge in [0, 0.05) is 23.2 Å². The molecule has 0 unspecified atom stereocenters. The number of benzene rings is 3. The van der Waals surface area contributed by atoms with E-state index in [0.29, 0.717) is 17.7 Å². The van der Waals surface area contributed by atoms with E-state index in [-0.39, 0.29) is 23.1 Å². The van der Waals surface area contributed by atoms with Gasteiger partial charge >= 0.3 is 0 Å². The lowest BCUT2D eigenvalue weighted by atomic mass is 10.0. The third kappa shape index (κ3) is 4.21. The molecule has 0 N–H and O–H groups in total. The van der Waals surface area contributed by atoms with Gasteiger partial charge in [0.2, 0.25) is 5.78 Å². The number of amides is 1. The van der Waals surface area contributed by atoms with Crippen molar-refractivity contribution in [2.45, 2.75) is 19.8 Å². The summed E-state index contributed by atoms with van der Waals surface area (Å²) in [5, 5.41) is 8.64. The molecule has 0 spiro atoms. The van der Waals surface area contributed by atoms with Gasteiger partial charge in [0.1, 0.15) is 5.71 Å². The molecular formula is C26H23N3O2. The van der Waals surface area contributed by atoms with Crippen LogP contribution in [0, 0.1) is 0 Å². The number of hydrogen-bond acceptors (Lipinski definition) is 4. The number of carbonyl (C=O) groups is 2. The molecule has 0 fully saturated rings. The molecule has 0 saturated heterocycles. The third-order valence-electron chi connectivity index (χ3n) is 5.18. The minimum atomic E-state index is -0.238. The summed E-state index contributed by atoms with van der Waals surface area (Å²) >= 11 is 0. The summed E-state index contributed by atoms with van der Waals surface area (Å²) in [5.41, 5.74) is 3.23. The van der Waals surface area contributed by atoms with Crippen molar-refractivity contribution in [1.29, 1.82) is 0 Å². The van der Waals surface area contributed by atoms with E-state index in [0.717, 1.165) is 24.1 Å². The van der Waals surface area contributed by atoms with Crippen LogP contribution in [0.2, 0.25) is 0 Å². The van der Waals surface area contributed by atoms with Gasteiger partial charge in [-0.1, -0.05) is 92.2 Å². The fourth-order valence-electron chi connectivity index (χ4n) is 3.55. The number of Topliss-reactive ketones (excluding diaryl/α,β-unsaturated/α-hetero) is 1. The number of hydrogen-bond donors (Lipinski definition) is 0. The van der Waals surface area contributed by atoms with Gasteiger partial charge < -0.3 is 4.90 Å². The maximum atomic E-state index is 13.2. The first-order chi connectivity index (χ1) is 15.2. The first kappa shape index (κ1) is 20.4. The van der Waals surface area contributed by atoms with E-state index in [2.05, 4.69) is 17.1 Å². The Balaban J connectivity index is 1.78. The van der Waals surface area contributed by atoms with E-state index in [9.17, 15) is 9.59 Å². The molecule has 1 aliphatic rings. The Morgan fingerprint density at radius 2 is 1.45 bits per heavy atom. The van der Waals surface area contributed by atoms with E-state index in [1.54, 1.807) is 17.0 Å². The van der Waals surface area contributed by atoms with Crippen LogP contribution in [0.15, 0.2) is 95.1 Å². The lowest BCUT2D eigenvalue weighted by Gasteiger charge is -2.15. The molecule has 5 heteroatoms. The van der Waals surface area contributed by atoms with Gasteiger partial charge in [-0.2, -0.15) is 0 Å². The molecule has 3 aromatic rings. The van der Waals surface area contributed by atoms with Crippen molar-refractivity contribution >= 4 is 28.8 Å². The minimum Gasteiger partial charge on any atom is -0.306 e. The van der Waals surface area contributed by atoms with E-state index < -0.39 is 0 Å². The zero-order valence-corrected chi connectivity index (χ0v) is 17.4. The first-order valence-electron chi connectivity index (χ1n) is 10.4. The Kier molecular flexibility index (Phi) is 6.13. The number of carbonyl (C=O) groups excluding carboxylic acids is 2. The van der Waals surface area contributed by atoms with E-state index in [1.807, 2.05) is 72.8 Å². The molecule has 5 nitrogen and oxygen atoms in total. The molecular weight excluding hydrogens is 386 g/mol. The maximum Gasteiger partial charge on any atom is 0.279 e. The molecule has 0 atom stereocenters. The summed E-state index contributed by atoms with van der Waals surface area (Å²) in [6, 6.07) is 25.7. The lowest BCUT2D eigenvalue weighted by molar-refractivity contribution is -0.112. The highest BCUT2D eigenvalue weighted by Gasteiger charge is 2.33. The molecule has 0 radical (unpaired) electrons. The molecule has 1 aliphatic heterocycles. The quantitative estimate of drug-likeness (QED) is 0.316. The van der Waals surface area contributed by atoms with Gasteiger partial charge in [0.25, 0.3) is 5.91 Å². The molecule has 0 saturated carbocycles. The highest BCUT2D eigenvalue weighted by molar-refractivity contribution is 6.55. The van der Waals surface area contributed by atoms with Gasteiger partial charge in [-0.25, -0.2) is 0 Å². The largest absolute Gasteiger partial charge is 0.306 e. The highest BCUT2D eigenvalue weighted by Crippen LogP contribution is 2.29. The van der Waals surface area contributed by atoms with E-state index in [4.69, 9.17) is 0 Å². The average Bonchev–Trinajstić information content (AvgIpc) is 3.09. The Hall–Kier alpha value is -3.86. The topological polar surface area (TPSA) is 62.1 Å². The molecule has 1 heterocycles. The van der Waals surface area contributed by atoms with Crippen molar-refractivity contribution in [2.24, 2.45) is 10.2 Å². The number of para-hydroxylation sites is 1. The number of nitrogens with zero attached hydrogens (tertiary/aromatic N) is 3. The van der Waals surface area contributed by atoms with Gasteiger partial charge in [0.05, 0.1) is 5.69 Å². The molecule has 1 amide bonds. The van der Waals surface area contributed by atoms with Gasteiger partial charge in [-0.15, -0.1) is 10.2 Å². The summed E-state index contributed by atoms with van der Waals surface area (Å²) in [5.74, 6) is -0.421. The normalized spacial score (nSPS) is 14.7. The number of anilines is 1. The Bertz CT molecular complexity index is 1150. The minimum absolute atomic E-state index is 0.182. The van der Waals surface area contributed by atoms with E-state index >= 15 is 0 Å². The Morgan fingerprint density at radius 3 is 2.13 bits per heavy atom. The van der Waals surface area contributed by atoms with Crippen LogP contribution in [0.3, 0.4) is 0 Å². The fraction of sp³-hybridized carbons (Fsp3) is 0.154. The Morgan fingerprint density at radius 1 is 0.839 bits per heavy atom. The van der Waals surface area contributed by atoms with Crippen LogP contribution in [0.5, 0.6) is 0 Å². The second-order valence-electron chi connectivity index (χ2n) is 7.29. The van der Waals surface area contributed by atoms with Crippen LogP contribution in [-0.2, 0) is 4.79 Å². The summed E-state index contributed by atoms with van der Waals surface area (Å²) < 4.78 is 0. The predicted molar refractivity (Wildman–Crippen MR) is 124 cm³/mol. The van der Waals surface area contributed by atoms with Crippen molar-refractivity contribution in [3.8, 4) is 0 Å². The summed E-state index contributed by atoms with van der Waals surface area (Å²) in [6.45, 7) is 2.72. The van der Waals surface area contributed by atoms with Crippen LogP contribution < -0.4 is 4.90 Å². The van der Waals surface area contributed by atoms with Crippen molar-refractivity contribution in [1.82, 2.24) is 0 Å². The first-order valence-corrected chi connectivity index (χ1v) is 10.4. The molecule has 0 bridgehead atoms. The van der Waals surface area contributed by atoms with Crippen LogP contribution in [0.25, 0.3) is 0 Å². The fourth-order valence-corrected chi connectivity index (χ4v) is 3.55. The monoisotopic (exact) mass is 409 g/mol. The number of rotatable bonds is 7. The van der Waals surface area contributed by atoms with Crippen LogP contribution in [-0.4, -0.2) is 29.7 Å². The lowest BCUT2D eigenvalue weighted by Crippen LogP contribution is -2.31. The van der Waals surface area contributed by atoms with Gasteiger partial charge in [-0.3, -0.25) is 9.59 Å². The summed E-state index contributed by atoms with van der Waals surface area (Å²) in [6.07, 6.45) is 1.89. The van der Waals surface area contributed by atoms with Crippen molar-refractivity contribution in [3.05, 3.63) is 102 Å². The molecule has 154 valence electrons. The second-order valence-corrected chi connectivity index (χ2v) is 7.29. The summed E-state index contributed by atoms with van der Waals surface area (Å²) in [4.78, 5) is 28.0.